The molecule has 0 amide bonds. The van der Waals surface area contributed by atoms with Crippen LogP contribution in [0.1, 0.15) is 42.7 Å². The Labute approximate surface area is 145 Å². The van der Waals surface area contributed by atoms with Gasteiger partial charge in [-0.05, 0) is 57.9 Å². The van der Waals surface area contributed by atoms with Gasteiger partial charge in [-0.25, -0.2) is 0 Å². The number of rotatable bonds is 6. The van der Waals surface area contributed by atoms with Gasteiger partial charge in [-0.3, -0.25) is 15.0 Å². The van der Waals surface area contributed by atoms with E-state index in [1.54, 1.807) is 0 Å². The molecule has 0 aliphatic rings. The van der Waals surface area contributed by atoms with Crippen molar-refractivity contribution in [2.45, 2.75) is 47.5 Å². The first kappa shape index (κ1) is 18.1. The van der Waals surface area contributed by atoms with Gasteiger partial charge in [0.1, 0.15) is 0 Å². The summed E-state index contributed by atoms with van der Waals surface area (Å²) in [6, 6.07) is 10.4. The van der Waals surface area contributed by atoms with E-state index in [0.717, 1.165) is 42.2 Å². The molecule has 24 heavy (non-hydrogen) atoms. The van der Waals surface area contributed by atoms with Crippen LogP contribution in [0, 0.1) is 20.8 Å². The third-order valence-electron chi connectivity index (χ3n) is 3.93. The highest BCUT2D eigenvalue weighted by Crippen LogP contribution is 2.25. The predicted molar refractivity (Wildman–Crippen MR) is 104 cm³/mol. The molecule has 0 saturated heterocycles. The highest BCUT2D eigenvalue weighted by molar-refractivity contribution is 6.03. The van der Waals surface area contributed by atoms with Crippen molar-refractivity contribution in [2.75, 3.05) is 6.54 Å². The normalized spacial score (nSPS) is 12.5. The minimum absolute atomic E-state index is 0.777. The maximum absolute atomic E-state index is 4.83. The van der Waals surface area contributed by atoms with Gasteiger partial charge in [-0.15, -0.1) is 0 Å². The summed E-state index contributed by atoms with van der Waals surface area (Å²) in [7, 11) is 0. The van der Waals surface area contributed by atoms with Crippen molar-refractivity contribution in [1.82, 2.24) is 4.98 Å². The van der Waals surface area contributed by atoms with Gasteiger partial charge in [0.25, 0.3) is 0 Å². The summed E-state index contributed by atoms with van der Waals surface area (Å²) in [4.78, 5) is 13.8. The summed E-state index contributed by atoms with van der Waals surface area (Å²) in [6.45, 7) is 11.3. The smallest absolute Gasteiger partial charge is 0.0687 e. The number of aliphatic imine (C=N–C) groups is 2. The molecular weight excluding hydrogens is 294 g/mol. The van der Waals surface area contributed by atoms with Crippen LogP contribution in [0.15, 0.2) is 46.5 Å². The highest BCUT2D eigenvalue weighted by atomic mass is 14.8. The Morgan fingerprint density at radius 3 is 2.33 bits per heavy atom. The first-order valence-electron chi connectivity index (χ1n) is 8.47. The summed E-state index contributed by atoms with van der Waals surface area (Å²) in [5, 5.41) is 0. The van der Waals surface area contributed by atoms with Crippen LogP contribution in [0.2, 0.25) is 0 Å². The molecule has 0 radical (unpaired) electrons. The average molecular weight is 321 g/mol. The molecule has 1 aromatic heterocycles. The predicted octanol–water partition coefficient (Wildman–Crippen LogP) is 5.19. The molecule has 2 rings (SSSR count). The van der Waals surface area contributed by atoms with Gasteiger partial charge in [0.05, 0.1) is 5.69 Å². The van der Waals surface area contributed by atoms with Gasteiger partial charge in [-0.2, -0.15) is 0 Å². The lowest BCUT2D eigenvalue weighted by molar-refractivity contribution is 0.920. The zero-order valence-corrected chi connectivity index (χ0v) is 15.4. The van der Waals surface area contributed by atoms with E-state index in [1.807, 2.05) is 24.4 Å². The van der Waals surface area contributed by atoms with Gasteiger partial charge >= 0.3 is 0 Å². The fourth-order valence-electron chi connectivity index (χ4n) is 2.91. The number of hydrogen-bond acceptors (Lipinski definition) is 3. The Morgan fingerprint density at radius 1 is 1.00 bits per heavy atom. The molecule has 0 aliphatic heterocycles. The van der Waals surface area contributed by atoms with Crippen molar-refractivity contribution < 1.29 is 0 Å². The van der Waals surface area contributed by atoms with E-state index in [-0.39, 0.29) is 0 Å². The minimum Gasteiger partial charge on any atom is -0.294 e. The molecule has 0 bridgehead atoms. The number of hydrogen-bond donors (Lipinski definition) is 0. The standard InChI is InChI=1S/C21H27N3/c1-15-12-16(2)21(17(3)13-15)24-19(5)14-18(4)22-11-9-20-8-6-7-10-23-20/h6-8,10,12-13H,9,11,14H2,1-5H3. The van der Waals surface area contributed by atoms with E-state index >= 15 is 0 Å². The van der Waals surface area contributed by atoms with Crippen molar-refractivity contribution in [3.05, 3.63) is 58.9 Å². The molecule has 0 saturated carbocycles. The van der Waals surface area contributed by atoms with Gasteiger partial charge in [0, 0.05) is 42.7 Å². The molecule has 126 valence electrons. The van der Waals surface area contributed by atoms with E-state index in [0.29, 0.717) is 0 Å². The Balaban J connectivity index is 1.98. The number of benzene rings is 1. The number of aryl methyl sites for hydroxylation is 3. The Hall–Kier alpha value is -2.29. The quantitative estimate of drug-likeness (QED) is 0.674. The van der Waals surface area contributed by atoms with Gasteiger partial charge in [-0.1, -0.05) is 23.8 Å². The lowest BCUT2D eigenvalue weighted by Crippen LogP contribution is -2.03. The van der Waals surface area contributed by atoms with Crippen molar-refractivity contribution >= 4 is 17.1 Å². The van der Waals surface area contributed by atoms with Crippen LogP contribution in [-0.4, -0.2) is 23.0 Å². The molecule has 0 N–H and O–H groups in total. The molecule has 1 heterocycles. The fraction of sp³-hybridized carbons (Fsp3) is 0.381. The summed E-state index contributed by atoms with van der Waals surface area (Å²) in [5.41, 5.74) is 8.16. The molecule has 0 unspecified atom stereocenters. The van der Waals surface area contributed by atoms with Crippen LogP contribution in [0.5, 0.6) is 0 Å². The van der Waals surface area contributed by atoms with E-state index in [9.17, 15) is 0 Å². The minimum atomic E-state index is 0.777. The zero-order chi connectivity index (χ0) is 17.5. The summed E-state index contributed by atoms with van der Waals surface area (Å²) in [5.74, 6) is 0. The third kappa shape index (κ3) is 5.41. The van der Waals surface area contributed by atoms with E-state index in [1.165, 1.54) is 16.7 Å². The van der Waals surface area contributed by atoms with Crippen LogP contribution in [-0.2, 0) is 6.42 Å². The summed E-state index contributed by atoms with van der Waals surface area (Å²) >= 11 is 0. The van der Waals surface area contributed by atoms with Crippen molar-refractivity contribution in [3.63, 3.8) is 0 Å². The lowest BCUT2D eigenvalue weighted by Gasteiger charge is -2.08. The number of aromatic nitrogens is 1. The SMILES string of the molecule is CC(CC(C)=Nc1c(C)cc(C)cc1C)=NCCc1ccccn1. The fourth-order valence-corrected chi connectivity index (χ4v) is 2.91. The molecule has 1 aromatic carbocycles. The second-order valence-corrected chi connectivity index (χ2v) is 6.46. The van der Waals surface area contributed by atoms with E-state index in [4.69, 9.17) is 4.99 Å². The van der Waals surface area contributed by atoms with Crippen LogP contribution in [0.3, 0.4) is 0 Å². The van der Waals surface area contributed by atoms with Crippen LogP contribution in [0.25, 0.3) is 0 Å². The second-order valence-electron chi connectivity index (χ2n) is 6.46. The maximum atomic E-state index is 4.83. The maximum Gasteiger partial charge on any atom is 0.0687 e. The molecule has 0 aliphatic carbocycles. The molecule has 3 nitrogen and oxygen atoms in total. The molecule has 0 atom stereocenters. The van der Waals surface area contributed by atoms with E-state index in [2.05, 4.69) is 56.7 Å². The number of nitrogens with zero attached hydrogens (tertiary/aromatic N) is 3. The van der Waals surface area contributed by atoms with Crippen molar-refractivity contribution in [1.29, 1.82) is 0 Å². The first-order chi connectivity index (χ1) is 11.5. The van der Waals surface area contributed by atoms with Gasteiger partial charge in [0.2, 0.25) is 0 Å². The molecular formula is C21H27N3. The molecule has 0 fully saturated rings. The first-order valence-corrected chi connectivity index (χ1v) is 8.47. The lowest BCUT2D eigenvalue weighted by atomic mass is 10.1. The van der Waals surface area contributed by atoms with Crippen molar-refractivity contribution in [3.8, 4) is 0 Å². The number of pyridine rings is 1. The van der Waals surface area contributed by atoms with E-state index < -0.39 is 0 Å². The molecule has 3 heteroatoms. The molecule has 0 spiro atoms. The molecule has 2 aromatic rings. The average Bonchev–Trinajstić information content (AvgIpc) is 2.52. The summed E-state index contributed by atoms with van der Waals surface area (Å²) in [6.07, 6.45) is 3.52. The Morgan fingerprint density at radius 2 is 1.71 bits per heavy atom. The van der Waals surface area contributed by atoms with Crippen LogP contribution in [0.4, 0.5) is 5.69 Å². The monoisotopic (exact) mass is 321 g/mol. The topological polar surface area (TPSA) is 37.6 Å². The third-order valence-corrected chi connectivity index (χ3v) is 3.93. The van der Waals surface area contributed by atoms with Crippen LogP contribution >= 0.6 is 0 Å². The largest absolute Gasteiger partial charge is 0.294 e. The van der Waals surface area contributed by atoms with Crippen molar-refractivity contribution in [2.24, 2.45) is 9.98 Å². The Kier molecular flexibility index (Phi) is 6.42. The van der Waals surface area contributed by atoms with Gasteiger partial charge < -0.3 is 0 Å². The van der Waals surface area contributed by atoms with Gasteiger partial charge in [0.15, 0.2) is 0 Å². The highest BCUT2D eigenvalue weighted by Gasteiger charge is 2.04. The zero-order valence-electron chi connectivity index (χ0n) is 15.4. The Bertz CT molecular complexity index is 720. The second kappa shape index (κ2) is 8.53. The summed E-state index contributed by atoms with van der Waals surface area (Å²) < 4.78 is 0. The van der Waals surface area contributed by atoms with Crippen LogP contribution < -0.4 is 0 Å².